The molecular weight excluding hydrogens is 456 g/mol. The Morgan fingerprint density at radius 2 is 1.85 bits per heavy atom. The van der Waals surface area contributed by atoms with Crippen LogP contribution in [0.15, 0.2) is 86.6 Å². The lowest BCUT2D eigenvalue weighted by molar-refractivity contribution is -0.113. The maximum atomic E-state index is 13.7. The smallest absolute Gasteiger partial charge is 0.268 e. The Balaban J connectivity index is 1.55. The van der Waals surface area contributed by atoms with Crippen molar-refractivity contribution in [1.29, 1.82) is 0 Å². The first-order valence-corrected chi connectivity index (χ1v) is 12.0. The Hall–Kier alpha value is -3.69. The molecule has 0 radical (unpaired) electrons. The van der Waals surface area contributed by atoms with Gasteiger partial charge in [-0.15, -0.1) is 11.3 Å². The summed E-state index contributed by atoms with van der Waals surface area (Å²) in [5.74, 6) is 0.759. The van der Waals surface area contributed by atoms with Crippen LogP contribution in [0.5, 0.6) is 0 Å². The number of nitrogens with one attached hydrogen (secondary N) is 1. The van der Waals surface area contributed by atoms with Gasteiger partial charge in [-0.2, -0.15) is 0 Å². The number of aromatic nitrogens is 3. The quantitative estimate of drug-likeness (QED) is 0.271. The molecule has 0 fully saturated rings. The molecule has 3 aromatic heterocycles. The Morgan fingerprint density at radius 3 is 2.55 bits per heavy atom. The van der Waals surface area contributed by atoms with E-state index in [1.54, 1.807) is 17.6 Å². The van der Waals surface area contributed by atoms with Gasteiger partial charge in [0, 0.05) is 17.0 Å². The van der Waals surface area contributed by atoms with Crippen LogP contribution in [0.25, 0.3) is 27.0 Å². The fourth-order valence-corrected chi connectivity index (χ4v) is 5.24. The zero-order chi connectivity index (χ0) is 22.8. The molecule has 33 heavy (non-hydrogen) atoms. The average molecular weight is 475 g/mol. The number of hydrogen-bond donors (Lipinski definition) is 1. The van der Waals surface area contributed by atoms with Crippen LogP contribution < -0.4 is 10.9 Å². The van der Waals surface area contributed by atoms with E-state index >= 15 is 0 Å². The number of hydrogen-bond acceptors (Lipinski definition) is 7. The summed E-state index contributed by atoms with van der Waals surface area (Å²) >= 11 is 2.62. The molecule has 0 spiro atoms. The van der Waals surface area contributed by atoms with Crippen molar-refractivity contribution < 1.29 is 9.32 Å². The third kappa shape index (κ3) is 4.33. The summed E-state index contributed by atoms with van der Waals surface area (Å²) in [6.07, 6.45) is 0. The highest BCUT2D eigenvalue weighted by Crippen LogP contribution is 2.32. The number of fused-ring (bicyclic) bond motifs is 1. The van der Waals surface area contributed by atoms with Crippen LogP contribution in [0.3, 0.4) is 0 Å². The summed E-state index contributed by atoms with van der Waals surface area (Å²) in [4.78, 5) is 31.6. The molecule has 5 rings (SSSR count). The van der Waals surface area contributed by atoms with Crippen LogP contribution >= 0.6 is 23.1 Å². The fraction of sp³-hybridized carbons (Fsp3) is 0.0833. The lowest BCUT2D eigenvalue weighted by Crippen LogP contribution is -2.22. The van der Waals surface area contributed by atoms with Gasteiger partial charge in [0.2, 0.25) is 5.91 Å². The monoisotopic (exact) mass is 474 g/mol. The Labute approximate surface area is 197 Å². The minimum Gasteiger partial charge on any atom is -0.360 e. The molecule has 9 heteroatoms. The standard InChI is InChI=1S/C24H18N4O3S2/c1-15-12-19(27-31-15)25-20(29)14-33-24-26-22-21(18(13-32-22)16-8-4-2-5-9-16)23(30)28(24)17-10-6-3-7-11-17/h2-13H,14H2,1H3,(H,25,27,29). The number of rotatable bonds is 6. The molecule has 3 heterocycles. The molecule has 0 unspecified atom stereocenters. The van der Waals surface area contributed by atoms with Crippen LogP contribution in [0.4, 0.5) is 5.82 Å². The van der Waals surface area contributed by atoms with E-state index in [2.05, 4.69) is 10.5 Å². The summed E-state index contributed by atoms with van der Waals surface area (Å²) in [6, 6.07) is 20.8. The SMILES string of the molecule is Cc1cc(NC(=O)CSc2nc3scc(-c4ccccc4)c3c(=O)n2-c2ccccc2)no1. The lowest BCUT2D eigenvalue weighted by Gasteiger charge is -2.12. The van der Waals surface area contributed by atoms with Gasteiger partial charge < -0.3 is 9.84 Å². The molecule has 0 atom stereocenters. The number of amides is 1. The molecule has 0 saturated heterocycles. The minimum absolute atomic E-state index is 0.0631. The fourth-order valence-electron chi connectivity index (χ4n) is 3.44. The van der Waals surface area contributed by atoms with Crippen LogP contribution in [0, 0.1) is 6.92 Å². The summed E-state index contributed by atoms with van der Waals surface area (Å²) < 4.78 is 6.55. The first-order chi connectivity index (χ1) is 16.1. The Bertz CT molecular complexity index is 1490. The van der Waals surface area contributed by atoms with E-state index < -0.39 is 0 Å². The van der Waals surface area contributed by atoms with Gasteiger partial charge in [0.15, 0.2) is 11.0 Å². The van der Waals surface area contributed by atoms with Crippen molar-refractivity contribution in [2.75, 3.05) is 11.1 Å². The van der Waals surface area contributed by atoms with Crippen molar-refractivity contribution in [3.8, 4) is 16.8 Å². The molecule has 164 valence electrons. The Morgan fingerprint density at radius 1 is 1.12 bits per heavy atom. The molecule has 0 aliphatic heterocycles. The summed E-state index contributed by atoms with van der Waals surface area (Å²) in [6.45, 7) is 1.75. The number of anilines is 1. The minimum atomic E-state index is -0.265. The van der Waals surface area contributed by atoms with Crippen molar-refractivity contribution in [2.45, 2.75) is 12.1 Å². The third-order valence-electron chi connectivity index (χ3n) is 4.90. The van der Waals surface area contributed by atoms with E-state index in [0.29, 0.717) is 32.6 Å². The first-order valence-electron chi connectivity index (χ1n) is 10.1. The van der Waals surface area contributed by atoms with E-state index in [1.807, 2.05) is 66.0 Å². The van der Waals surface area contributed by atoms with Crippen molar-refractivity contribution in [3.05, 3.63) is 88.2 Å². The zero-order valence-corrected chi connectivity index (χ0v) is 19.2. The van der Waals surface area contributed by atoms with E-state index in [9.17, 15) is 9.59 Å². The lowest BCUT2D eigenvalue weighted by atomic mass is 10.1. The second-order valence-corrected chi connectivity index (χ2v) is 9.03. The number of carbonyl (C=O) groups is 1. The zero-order valence-electron chi connectivity index (χ0n) is 17.5. The number of thioether (sulfide) groups is 1. The molecule has 0 saturated carbocycles. The molecule has 7 nitrogen and oxygen atoms in total. The van der Waals surface area contributed by atoms with E-state index in [0.717, 1.165) is 11.1 Å². The number of carbonyl (C=O) groups excluding carboxylic acids is 1. The van der Waals surface area contributed by atoms with Crippen LogP contribution in [-0.2, 0) is 4.79 Å². The number of benzene rings is 2. The predicted molar refractivity (Wildman–Crippen MR) is 131 cm³/mol. The molecule has 1 amide bonds. The Kier molecular flexibility index (Phi) is 5.80. The largest absolute Gasteiger partial charge is 0.360 e. The second-order valence-electron chi connectivity index (χ2n) is 7.23. The van der Waals surface area contributed by atoms with Crippen molar-refractivity contribution >= 4 is 45.0 Å². The average Bonchev–Trinajstić information content (AvgIpc) is 3.45. The summed E-state index contributed by atoms with van der Waals surface area (Å²) in [5, 5.41) is 9.45. The topological polar surface area (TPSA) is 90.0 Å². The van der Waals surface area contributed by atoms with Crippen LogP contribution in [0.2, 0.25) is 0 Å². The molecule has 2 aromatic carbocycles. The first kappa shape index (κ1) is 21.2. The number of aryl methyl sites for hydroxylation is 1. The number of nitrogens with zero attached hydrogens (tertiary/aromatic N) is 3. The molecule has 0 aliphatic carbocycles. The van der Waals surface area contributed by atoms with Crippen LogP contribution in [-0.4, -0.2) is 26.4 Å². The number of para-hydroxylation sites is 1. The van der Waals surface area contributed by atoms with E-state index in [1.165, 1.54) is 23.1 Å². The van der Waals surface area contributed by atoms with Gasteiger partial charge in [0.05, 0.1) is 16.8 Å². The van der Waals surface area contributed by atoms with Gasteiger partial charge in [-0.05, 0) is 24.6 Å². The molecule has 5 aromatic rings. The van der Waals surface area contributed by atoms with E-state index in [-0.39, 0.29) is 17.2 Å². The highest BCUT2D eigenvalue weighted by atomic mass is 32.2. The molecule has 0 bridgehead atoms. The summed E-state index contributed by atoms with van der Waals surface area (Å²) in [7, 11) is 0. The van der Waals surface area contributed by atoms with Gasteiger partial charge in [-0.1, -0.05) is 65.4 Å². The van der Waals surface area contributed by atoms with Crippen molar-refractivity contribution in [3.63, 3.8) is 0 Å². The van der Waals surface area contributed by atoms with Crippen molar-refractivity contribution in [2.24, 2.45) is 0 Å². The normalized spacial score (nSPS) is 11.1. The third-order valence-corrected chi connectivity index (χ3v) is 6.71. The maximum absolute atomic E-state index is 13.7. The maximum Gasteiger partial charge on any atom is 0.268 e. The van der Waals surface area contributed by atoms with Gasteiger partial charge in [-0.3, -0.25) is 14.2 Å². The highest BCUT2D eigenvalue weighted by Gasteiger charge is 2.19. The second kappa shape index (κ2) is 9.05. The van der Waals surface area contributed by atoms with Gasteiger partial charge >= 0.3 is 0 Å². The molecular formula is C24H18N4O3S2. The van der Waals surface area contributed by atoms with Gasteiger partial charge in [0.25, 0.3) is 5.56 Å². The number of thiophene rings is 1. The predicted octanol–water partition coefficient (Wildman–Crippen LogP) is 5.14. The highest BCUT2D eigenvalue weighted by molar-refractivity contribution is 7.99. The van der Waals surface area contributed by atoms with Crippen molar-refractivity contribution in [1.82, 2.24) is 14.7 Å². The summed E-state index contributed by atoms with van der Waals surface area (Å²) in [5.41, 5.74) is 2.34. The molecule has 1 N–H and O–H groups in total. The van der Waals surface area contributed by atoms with E-state index in [4.69, 9.17) is 9.51 Å². The van der Waals surface area contributed by atoms with Gasteiger partial charge in [-0.25, -0.2) is 4.98 Å². The van der Waals surface area contributed by atoms with Gasteiger partial charge in [0.1, 0.15) is 10.6 Å². The van der Waals surface area contributed by atoms with Crippen LogP contribution in [0.1, 0.15) is 5.76 Å². The molecule has 0 aliphatic rings.